The zero-order valence-electron chi connectivity index (χ0n) is 8.52. The molecule has 0 N–H and O–H groups in total. The first-order chi connectivity index (χ1) is 6.91. The second kappa shape index (κ2) is 5.90. The molecule has 0 fully saturated rings. The molecule has 0 aliphatic heterocycles. The van der Waals surface area contributed by atoms with E-state index in [0.29, 0.717) is 0 Å². The van der Waals surface area contributed by atoms with Crippen LogP contribution in [-0.4, -0.2) is 24.9 Å². The van der Waals surface area contributed by atoms with Crippen molar-refractivity contribution in [3.8, 4) is 0 Å². The van der Waals surface area contributed by atoms with Crippen molar-refractivity contribution in [1.29, 1.82) is 0 Å². The minimum absolute atomic E-state index is 0.0299. The number of hydrogen-bond acceptors (Lipinski definition) is 6. The fourth-order valence-electron chi connectivity index (χ4n) is 1.03. The van der Waals surface area contributed by atoms with Crippen molar-refractivity contribution in [2.75, 3.05) is 0 Å². The van der Waals surface area contributed by atoms with Gasteiger partial charge in [-0.05, 0) is 5.41 Å². The fourth-order valence-corrected chi connectivity index (χ4v) is 1.03. The van der Waals surface area contributed by atoms with Crippen molar-refractivity contribution in [1.82, 2.24) is 0 Å². The van der Waals surface area contributed by atoms with Crippen LogP contribution in [0.25, 0.3) is 0 Å². The van der Waals surface area contributed by atoms with Crippen LogP contribution in [0.2, 0.25) is 0 Å². The Morgan fingerprint density at radius 3 is 1.60 bits per heavy atom. The van der Waals surface area contributed by atoms with E-state index in [4.69, 9.17) is 0 Å². The second-order valence-electron chi connectivity index (χ2n) is 3.69. The topological polar surface area (TPSA) is 86.7 Å². The van der Waals surface area contributed by atoms with Gasteiger partial charge in [-0.3, -0.25) is 19.2 Å². The van der Waals surface area contributed by atoms with Gasteiger partial charge < -0.3 is 9.47 Å². The zero-order valence-corrected chi connectivity index (χ0v) is 8.52. The number of hydrogen-bond donors (Lipinski definition) is 0. The summed E-state index contributed by atoms with van der Waals surface area (Å²) in [5, 5.41) is 0. The summed E-state index contributed by atoms with van der Waals surface area (Å²) in [5.74, 6) is -1.46. The van der Waals surface area contributed by atoms with Gasteiger partial charge in [0.15, 0.2) is 0 Å². The number of carbonyl (C=O) groups excluding carboxylic acids is 4. The van der Waals surface area contributed by atoms with Crippen molar-refractivity contribution in [2.24, 2.45) is 5.41 Å². The van der Waals surface area contributed by atoms with Crippen molar-refractivity contribution >= 4 is 24.9 Å². The molecule has 15 heavy (non-hydrogen) atoms. The SMILES string of the molecule is CC(C)(CC(=O)OC=O)CC(=O)OC=O. The smallest absolute Gasteiger partial charge is 0.313 e. The molecule has 0 rings (SSSR count). The van der Waals surface area contributed by atoms with Gasteiger partial charge in [-0.1, -0.05) is 13.8 Å². The maximum absolute atomic E-state index is 10.9. The van der Waals surface area contributed by atoms with Crippen LogP contribution in [0.4, 0.5) is 0 Å². The molecule has 6 nitrogen and oxygen atoms in total. The summed E-state index contributed by atoms with van der Waals surface area (Å²) in [7, 11) is 0. The lowest BCUT2D eigenvalue weighted by molar-refractivity contribution is -0.154. The highest BCUT2D eigenvalue weighted by molar-refractivity contribution is 5.80. The van der Waals surface area contributed by atoms with Gasteiger partial charge >= 0.3 is 24.9 Å². The number of rotatable bonds is 6. The highest BCUT2D eigenvalue weighted by Gasteiger charge is 2.27. The third-order valence-electron chi connectivity index (χ3n) is 1.60. The third-order valence-corrected chi connectivity index (χ3v) is 1.60. The van der Waals surface area contributed by atoms with Crippen LogP contribution >= 0.6 is 0 Å². The maximum atomic E-state index is 10.9. The molecule has 0 aromatic heterocycles. The van der Waals surface area contributed by atoms with E-state index in [0.717, 1.165) is 0 Å². The van der Waals surface area contributed by atoms with E-state index in [1.165, 1.54) is 0 Å². The highest BCUT2D eigenvalue weighted by Crippen LogP contribution is 2.25. The van der Waals surface area contributed by atoms with Gasteiger partial charge in [-0.25, -0.2) is 0 Å². The Morgan fingerprint density at radius 2 is 1.33 bits per heavy atom. The van der Waals surface area contributed by atoms with Gasteiger partial charge in [-0.2, -0.15) is 0 Å². The molecular weight excluding hydrogens is 204 g/mol. The van der Waals surface area contributed by atoms with Gasteiger partial charge in [0.2, 0.25) is 0 Å². The average molecular weight is 216 g/mol. The Morgan fingerprint density at radius 1 is 1.00 bits per heavy atom. The van der Waals surface area contributed by atoms with E-state index in [1.807, 2.05) is 0 Å². The number of carbonyl (C=O) groups is 4. The largest absolute Gasteiger partial charge is 0.395 e. The molecule has 0 aliphatic rings. The predicted molar refractivity (Wildman–Crippen MR) is 47.3 cm³/mol. The van der Waals surface area contributed by atoms with Crippen LogP contribution in [0.5, 0.6) is 0 Å². The molecule has 0 aromatic rings. The molecular formula is C9H12O6. The van der Waals surface area contributed by atoms with Gasteiger partial charge in [-0.15, -0.1) is 0 Å². The third kappa shape index (κ3) is 6.36. The molecule has 0 saturated heterocycles. The average Bonchev–Trinajstić information content (AvgIpc) is 2.01. The Labute approximate surface area is 86.5 Å². The normalized spacial score (nSPS) is 10.3. The van der Waals surface area contributed by atoms with Crippen molar-refractivity contribution in [2.45, 2.75) is 26.7 Å². The van der Waals surface area contributed by atoms with E-state index < -0.39 is 17.4 Å². The van der Waals surface area contributed by atoms with Crippen LogP contribution in [0.1, 0.15) is 26.7 Å². The van der Waals surface area contributed by atoms with Crippen LogP contribution in [0.15, 0.2) is 0 Å². The maximum Gasteiger partial charge on any atom is 0.313 e. The van der Waals surface area contributed by atoms with Gasteiger partial charge in [0.1, 0.15) is 0 Å². The first-order valence-corrected chi connectivity index (χ1v) is 4.17. The Balaban J connectivity index is 4.16. The van der Waals surface area contributed by atoms with Gasteiger partial charge in [0.05, 0.1) is 12.8 Å². The van der Waals surface area contributed by atoms with Crippen LogP contribution in [-0.2, 0) is 28.7 Å². The lowest BCUT2D eigenvalue weighted by Gasteiger charge is -2.20. The van der Waals surface area contributed by atoms with E-state index >= 15 is 0 Å². The van der Waals surface area contributed by atoms with E-state index in [9.17, 15) is 19.2 Å². The first kappa shape index (κ1) is 13.3. The summed E-state index contributed by atoms with van der Waals surface area (Å²) in [4.78, 5) is 41.5. The molecule has 0 radical (unpaired) electrons. The van der Waals surface area contributed by atoms with E-state index in [2.05, 4.69) is 9.47 Å². The van der Waals surface area contributed by atoms with Crippen LogP contribution < -0.4 is 0 Å². The summed E-state index contributed by atoms with van der Waals surface area (Å²) in [6, 6.07) is 0. The quantitative estimate of drug-likeness (QED) is 0.358. The predicted octanol–water partition coefficient (Wildman–Crippen LogP) is 0.192. The van der Waals surface area contributed by atoms with Crippen molar-refractivity contribution in [3.05, 3.63) is 0 Å². The molecule has 0 saturated carbocycles. The summed E-state index contributed by atoms with van der Waals surface area (Å²) < 4.78 is 8.16. The van der Waals surface area contributed by atoms with Crippen LogP contribution in [0, 0.1) is 5.41 Å². The summed E-state index contributed by atoms with van der Waals surface area (Å²) in [6.07, 6.45) is -0.223. The van der Waals surface area contributed by atoms with Crippen LogP contribution in [0.3, 0.4) is 0 Å². The summed E-state index contributed by atoms with van der Waals surface area (Å²) in [6.45, 7) is 3.29. The fraction of sp³-hybridized carbons (Fsp3) is 0.556. The molecule has 0 bridgehead atoms. The zero-order chi connectivity index (χ0) is 11.9. The molecule has 84 valence electrons. The molecule has 0 aromatic carbocycles. The molecule has 0 amide bonds. The molecule has 6 heteroatoms. The van der Waals surface area contributed by atoms with E-state index in [1.54, 1.807) is 13.8 Å². The second-order valence-corrected chi connectivity index (χ2v) is 3.69. The lowest BCUT2D eigenvalue weighted by atomic mass is 9.86. The van der Waals surface area contributed by atoms with Crippen molar-refractivity contribution < 1.29 is 28.7 Å². The molecule has 0 unspecified atom stereocenters. The monoisotopic (exact) mass is 216 g/mol. The summed E-state index contributed by atoms with van der Waals surface area (Å²) >= 11 is 0. The molecule has 0 atom stereocenters. The van der Waals surface area contributed by atoms with Crippen molar-refractivity contribution in [3.63, 3.8) is 0 Å². The Bertz CT molecular complexity index is 242. The Kier molecular flexibility index (Phi) is 5.22. The molecule has 0 aliphatic carbocycles. The van der Waals surface area contributed by atoms with Gasteiger partial charge in [0, 0.05) is 0 Å². The van der Waals surface area contributed by atoms with E-state index in [-0.39, 0.29) is 25.8 Å². The highest BCUT2D eigenvalue weighted by atomic mass is 16.6. The molecule has 0 heterocycles. The van der Waals surface area contributed by atoms with Gasteiger partial charge in [0.25, 0.3) is 0 Å². The minimum Gasteiger partial charge on any atom is -0.395 e. The Hall–Kier alpha value is -1.72. The molecule has 0 spiro atoms. The number of esters is 2. The standard InChI is InChI=1S/C9H12O6/c1-9(2,3-7(12)14-5-10)4-8(13)15-6-11/h5-6H,3-4H2,1-2H3. The first-order valence-electron chi connectivity index (χ1n) is 4.17. The number of ether oxygens (including phenoxy) is 2. The minimum atomic E-state index is -0.728. The summed E-state index contributed by atoms with van der Waals surface area (Å²) in [5.41, 5.74) is -0.722. The lowest BCUT2D eigenvalue weighted by Crippen LogP contribution is -2.23.